The van der Waals surface area contributed by atoms with Gasteiger partial charge in [0.2, 0.25) is 6.29 Å². The number of fused-ring (bicyclic) bond motifs is 1. The van der Waals surface area contributed by atoms with Crippen LogP contribution in [0, 0.1) is 6.92 Å². The van der Waals surface area contributed by atoms with E-state index in [-0.39, 0.29) is 6.61 Å². The highest BCUT2D eigenvalue weighted by Gasteiger charge is 2.41. The van der Waals surface area contributed by atoms with Crippen molar-refractivity contribution in [3.8, 4) is 5.75 Å². The van der Waals surface area contributed by atoms with E-state index < -0.39 is 24.6 Å². The number of hydrogen-bond donors (Lipinski definition) is 2. The molecule has 0 radical (unpaired) electrons. The van der Waals surface area contributed by atoms with Crippen LogP contribution < -0.4 is 10.1 Å². The van der Waals surface area contributed by atoms with Crippen molar-refractivity contribution < 1.29 is 24.1 Å². The second kappa shape index (κ2) is 7.93. The summed E-state index contributed by atoms with van der Waals surface area (Å²) in [5, 5.41) is 13.8. The Morgan fingerprint density at radius 2 is 2.12 bits per heavy atom. The van der Waals surface area contributed by atoms with Gasteiger partial charge in [-0.3, -0.25) is 0 Å². The van der Waals surface area contributed by atoms with Crippen LogP contribution in [0.3, 0.4) is 0 Å². The maximum atomic E-state index is 10.4. The molecule has 2 aliphatic heterocycles. The van der Waals surface area contributed by atoms with Gasteiger partial charge in [-0.25, -0.2) is 0 Å². The van der Waals surface area contributed by atoms with Crippen molar-refractivity contribution in [3.05, 3.63) is 28.8 Å². The normalized spacial score (nSPS) is 30.7. The lowest BCUT2D eigenvalue weighted by atomic mass is 9.95. The summed E-state index contributed by atoms with van der Waals surface area (Å²) in [4.78, 5) is 0. The first-order valence-electron chi connectivity index (χ1n) is 8.29. The first kappa shape index (κ1) is 18.5. The van der Waals surface area contributed by atoms with Gasteiger partial charge in [0.15, 0.2) is 0 Å². The second-order valence-corrected chi connectivity index (χ2v) is 6.48. The molecule has 1 saturated heterocycles. The van der Waals surface area contributed by atoms with Crippen molar-refractivity contribution in [2.24, 2.45) is 0 Å². The SMILES string of the molecule is COC1COC(Oc2cc(C)c3c(c2)C(=CCl)CCN3)C(OC)C1O. The Morgan fingerprint density at radius 3 is 2.80 bits per heavy atom. The fraction of sp³-hybridized carbons (Fsp3) is 0.556. The molecule has 0 spiro atoms. The zero-order valence-corrected chi connectivity index (χ0v) is 15.4. The van der Waals surface area contributed by atoms with Crippen molar-refractivity contribution in [1.29, 1.82) is 0 Å². The molecule has 2 heterocycles. The summed E-state index contributed by atoms with van der Waals surface area (Å²) >= 11 is 5.98. The summed E-state index contributed by atoms with van der Waals surface area (Å²) in [6.07, 6.45) is -1.77. The second-order valence-electron chi connectivity index (χ2n) is 6.26. The molecule has 6 nitrogen and oxygen atoms in total. The number of aliphatic hydroxyl groups excluding tert-OH is 1. The summed E-state index contributed by atoms with van der Waals surface area (Å²) in [7, 11) is 3.05. The number of anilines is 1. The van der Waals surface area contributed by atoms with Crippen LogP contribution in [0.15, 0.2) is 17.7 Å². The molecule has 0 bridgehead atoms. The molecule has 7 heteroatoms. The number of halogens is 1. The Morgan fingerprint density at radius 1 is 1.32 bits per heavy atom. The summed E-state index contributed by atoms with van der Waals surface area (Å²) < 4.78 is 22.3. The van der Waals surface area contributed by atoms with Gasteiger partial charge in [0.25, 0.3) is 0 Å². The smallest absolute Gasteiger partial charge is 0.229 e. The van der Waals surface area contributed by atoms with Crippen LogP contribution >= 0.6 is 11.6 Å². The minimum absolute atomic E-state index is 0.237. The summed E-state index contributed by atoms with van der Waals surface area (Å²) in [6.45, 7) is 3.11. The summed E-state index contributed by atoms with van der Waals surface area (Å²) in [6, 6.07) is 3.88. The lowest BCUT2D eigenvalue weighted by Crippen LogP contribution is -2.56. The summed E-state index contributed by atoms with van der Waals surface area (Å²) in [5.74, 6) is 0.645. The Labute approximate surface area is 152 Å². The van der Waals surface area contributed by atoms with E-state index in [0.29, 0.717) is 5.75 Å². The van der Waals surface area contributed by atoms with E-state index in [9.17, 15) is 5.11 Å². The van der Waals surface area contributed by atoms with Gasteiger partial charge >= 0.3 is 0 Å². The fourth-order valence-corrected chi connectivity index (χ4v) is 3.56. The van der Waals surface area contributed by atoms with Crippen LogP contribution in [0.1, 0.15) is 17.5 Å². The molecule has 1 aromatic carbocycles. The third kappa shape index (κ3) is 3.64. The lowest BCUT2D eigenvalue weighted by molar-refractivity contribution is -0.253. The van der Waals surface area contributed by atoms with Crippen molar-refractivity contribution in [2.75, 3.05) is 32.7 Å². The van der Waals surface area contributed by atoms with E-state index in [1.165, 1.54) is 14.2 Å². The van der Waals surface area contributed by atoms with Gasteiger partial charge in [-0.2, -0.15) is 0 Å². The van der Waals surface area contributed by atoms with E-state index in [2.05, 4.69) is 5.32 Å². The van der Waals surface area contributed by atoms with Gasteiger partial charge in [0, 0.05) is 37.6 Å². The van der Waals surface area contributed by atoms with Crippen LogP contribution in [0.25, 0.3) is 5.57 Å². The number of hydrogen-bond acceptors (Lipinski definition) is 6. The van der Waals surface area contributed by atoms with Crippen LogP contribution in [0.2, 0.25) is 0 Å². The maximum Gasteiger partial charge on any atom is 0.229 e. The number of methoxy groups -OCH3 is 2. The molecule has 4 atom stereocenters. The zero-order valence-electron chi connectivity index (χ0n) is 14.6. The Bertz CT molecular complexity index is 651. The van der Waals surface area contributed by atoms with E-state index in [4.69, 9.17) is 30.5 Å². The third-order valence-corrected chi connectivity index (χ3v) is 4.98. The molecule has 4 unspecified atom stereocenters. The molecule has 2 N–H and O–H groups in total. The number of rotatable bonds is 4. The van der Waals surface area contributed by atoms with Crippen molar-refractivity contribution in [1.82, 2.24) is 0 Å². The number of aryl methyl sites for hydroxylation is 1. The van der Waals surface area contributed by atoms with Gasteiger partial charge < -0.3 is 29.4 Å². The standard InChI is InChI=1S/C18H24ClNO5/c1-10-6-12(7-13-11(8-19)4-5-20-15(10)13)25-18-17(23-3)16(21)14(22-2)9-24-18/h6-8,14,16-18,20-21H,4-5,9H2,1-3H3. The summed E-state index contributed by atoms with van der Waals surface area (Å²) in [5.41, 5.74) is 5.83. The molecular formula is C18H24ClNO5. The Hall–Kier alpha value is -1.31. The molecule has 1 aromatic rings. The van der Waals surface area contributed by atoms with Crippen molar-refractivity contribution in [2.45, 2.75) is 37.9 Å². The molecule has 3 rings (SSSR count). The van der Waals surface area contributed by atoms with Gasteiger partial charge in [-0.1, -0.05) is 11.6 Å². The average molecular weight is 370 g/mol. The largest absolute Gasteiger partial charge is 0.462 e. The van der Waals surface area contributed by atoms with Gasteiger partial charge in [0.1, 0.15) is 24.1 Å². The lowest BCUT2D eigenvalue weighted by Gasteiger charge is -2.38. The first-order valence-corrected chi connectivity index (χ1v) is 8.72. The van der Waals surface area contributed by atoms with Gasteiger partial charge in [-0.05, 0) is 36.6 Å². The average Bonchev–Trinajstić information content (AvgIpc) is 2.62. The van der Waals surface area contributed by atoms with E-state index in [1.807, 2.05) is 19.1 Å². The van der Waals surface area contributed by atoms with Crippen LogP contribution in [0.4, 0.5) is 5.69 Å². The van der Waals surface area contributed by atoms with Gasteiger partial charge in [-0.15, -0.1) is 0 Å². The van der Waals surface area contributed by atoms with E-state index >= 15 is 0 Å². The number of aliphatic hydroxyl groups is 1. The van der Waals surface area contributed by atoms with Crippen LogP contribution in [-0.2, 0) is 14.2 Å². The van der Waals surface area contributed by atoms with Crippen molar-refractivity contribution >= 4 is 22.9 Å². The topological polar surface area (TPSA) is 69.2 Å². The number of nitrogens with one attached hydrogen (secondary N) is 1. The molecule has 25 heavy (non-hydrogen) atoms. The highest BCUT2D eigenvalue weighted by atomic mass is 35.5. The molecule has 138 valence electrons. The van der Waals surface area contributed by atoms with Crippen LogP contribution in [0.5, 0.6) is 5.75 Å². The predicted octanol–water partition coefficient (Wildman–Crippen LogP) is 2.52. The quantitative estimate of drug-likeness (QED) is 0.850. The van der Waals surface area contributed by atoms with Crippen LogP contribution in [-0.4, -0.2) is 57.1 Å². The molecule has 0 aromatic heterocycles. The first-order chi connectivity index (χ1) is 12.1. The molecule has 0 aliphatic carbocycles. The minimum Gasteiger partial charge on any atom is -0.462 e. The van der Waals surface area contributed by atoms with E-state index in [1.54, 1.807) is 5.54 Å². The monoisotopic (exact) mass is 369 g/mol. The maximum absolute atomic E-state index is 10.4. The molecular weight excluding hydrogens is 346 g/mol. The third-order valence-electron chi connectivity index (χ3n) is 4.72. The van der Waals surface area contributed by atoms with Crippen molar-refractivity contribution in [3.63, 3.8) is 0 Å². The number of benzene rings is 1. The Balaban J connectivity index is 1.84. The Kier molecular flexibility index (Phi) is 5.86. The molecule has 0 amide bonds. The molecule has 1 fully saturated rings. The minimum atomic E-state index is -0.826. The predicted molar refractivity (Wildman–Crippen MR) is 96.1 cm³/mol. The van der Waals surface area contributed by atoms with Gasteiger partial charge in [0.05, 0.1) is 6.61 Å². The number of ether oxygens (including phenoxy) is 4. The highest BCUT2D eigenvalue weighted by Crippen LogP contribution is 2.37. The molecule has 0 saturated carbocycles. The zero-order chi connectivity index (χ0) is 18.0. The highest BCUT2D eigenvalue weighted by molar-refractivity contribution is 6.28. The van der Waals surface area contributed by atoms with E-state index in [0.717, 1.165) is 35.4 Å². The molecule has 2 aliphatic rings. The fourth-order valence-electron chi connectivity index (χ4n) is 3.33.